The highest BCUT2D eigenvalue weighted by molar-refractivity contribution is 7.91. The monoisotopic (exact) mass is 216 g/mol. The van der Waals surface area contributed by atoms with E-state index in [2.05, 4.69) is 0 Å². The van der Waals surface area contributed by atoms with E-state index in [0.29, 0.717) is 6.42 Å². The number of carbonyl (C=O) groups excluding carboxylic acids is 1. The summed E-state index contributed by atoms with van der Waals surface area (Å²) in [7, 11) is -2.89. The molecule has 0 bridgehead atoms. The second kappa shape index (κ2) is 3.65. The predicted octanol–water partition coefficient (Wildman–Crippen LogP) is 1.18. The first-order valence-electron chi connectivity index (χ1n) is 5.33. The lowest BCUT2D eigenvalue weighted by molar-refractivity contribution is -0.125. The summed E-state index contributed by atoms with van der Waals surface area (Å²) in [5.74, 6) is 0.554. The van der Waals surface area contributed by atoms with Gasteiger partial charge in [0.1, 0.15) is 5.78 Å². The van der Waals surface area contributed by atoms with Gasteiger partial charge in [-0.2, -0.15) is 0 Å². The van der Waals surface area contributed by atoms with E-state index in [-0.39, 0.29) is 29.1 Å². The standard InChI is InChI=1S/C10H16O3S/c11-10(8-3-1-2-4-8)9-5-6-14(12,13)7-9/h8-9H,1-7H2. The zero-order chi connectivity index (χ0) is 10.2. The van der Waals surface area contributed by atoms with Crippen LogP contribution in [0.1, 0.15) is 32.1 Å². The second-order valence-corrected chi connectivity index (χ2v) is 6.71. The number of rotatable bonds is 2. The zero-order valence-electron chi connectivity index (χ0n) is 8.24. The van der Waals surface area contributed by atoms with Crippen molar-refractivity contribution < 1.29 is 13.2 Å². The van der Waals surface area contributed by atoms with Gasteiger partial charge in [0.15, 0.2) is 9.84 Å². The fraction of sp³-hybridized carbons (Fsp3) is 0.900. The van der Waals surface area contributed by atoms with Gasteiger partial charge in [0.05, 0.1) is 11.5 Å². The van der Waals surface area contributed by atoms with Gasteiger partial charge in [0.2, 0.25) is 0 Å². The number of ketones is 1. The Morgan fingerprint density at radius 1 is 1.00 bits per heavy atom. The molecule has 0 amide bonds. The first-order chi connectivity index (χ1) is 6.58. The van der Waals surface area contributed by atoms with Gasteiger partial charge in [0, 0.05) is 11.8 Å². The maximum atomic E-state index is 11.9. The topological polar surface area (TPSA) is 51.2 Å². The summed E-state index contributed by atoms with van der Waals surface area (Å²) in [6, 6.07) is 0. The van der Waals surface area contributed by atoms with E-state index in [1.54, 1.807) is 0 Å². The second-order valence-electron chi connectivity index (χ2n) is 4.48. The van der Waals surface area contributed by atoms with Crippen LogP contribution in [0.5, 0.6) is 0 Å². The molecule has 80 valence electrons. The smallest absolute Gasteiger partial charge is 0.151 e. The van der Waals surface area contributed by atoms with Crippen LogP contribution in [0.4, 0.5) is 0 Å². The van der Waals surface area contributed by atoms with Gasteiger partial charge >= 0.3 is 0 Å². The van der Waals surface area contributed by atoms with E-state index in [4.69, 9.17) is 0 Å². The van der Waals surface area contributed by atoms with Crippen LogP contribution in [-0.4, -0.2) is 25.7 Å². The minimum atomic E-state index is -2.89. The molecule has 1 atom stereocenters. The highest BCUT2D eigenvalue weighted by Gasteiger charge is 2.36. The molecule has 1 saturated heterocycles. The maximum Gasteiger partial charge on any atom is 0.151 e. The summed E-state index contributed by atoms with van der Waals surface area (Å²) in [5, 5.41) is 0. The SMILES string of the molecule is O=C(C1CCCC1)C1CCS(=O)(=O)C1. The van der Waals surface area contributed by atoms with Gasteiger partial charge in [-0.3, -0.25) is 4.79 Å². The number of hydrogen-bond donors (Lipinski definition) is 0. The molecule has 0 spiro atoms. The summed E-state index contributed by atoms with van der Waals surface area (Å²) in [4.78, 5) is 11.9. The number of hydrogen-bond acceptors (Lipinski definition) is 3. The summed E-state index contributed by atoms with van der Waals surface area (Å²) in [6.07, 6.45) is 4.80. The third kappa shape index (κ3) is 2.00. The molecule has 1 saturated carbocycles. The lowest BCUT2D eigenvalue weighted by Crippen LogP contribution is -2.22. The van der Waals surface area contributed by atoms with Crippen LogP contribution in [0, 0.1) is 11.8 Å². The molecular weight excluding hydrogens is 200 g/mol. The number of Topliss-reactive ketones (excluding diaryl/α,β-unsaturated/α-hetero) is 1. The molecule has 2 fully saturated rings. The molecule has 0 aromatic carbocycles. The van der Waals surface area contributed by atoms with E-state index in [9.17, 15) is 13.2 Å². The number of carbonyl (C=O) groups is 1. The Bertz CT molecular complexity index is 325. The fourth-order valence-corrected chi connectivity index (χ4v) is 4.32. The molecule has 1 aliphatic heterocycles. The van der Waals surface area contributed by atoms with Gasteiger partial charge in [0.25, 0.3) is 0 Å². The summed E-state index contributed by atoms with van der Waals surface area (Å²) >= 11 is 0. The van der Waals surface area contributed by atoms with Gasteiger partial charge < -0.3 is 0 Å². The van der Waals surface area contributed by atoms with Crippen molar-refractivity contribution in [3.63, 3.8) is 0 Å². The molecule has 14 heavy (non-hydrogen) atoms. The van der Waals surface area contributed by atoms with Crippen LogP contribution in [0.15, 0.2) is 0 Å². The predicted molar refractivity (Wildman–Crippen MR) is 53.7 cm³/mol. The Morgan fingerprint density at radius 3 is 2.14 bits per heavy atom. The van der Waals surface area contributed by atoms with E-state index in [0.717, 1.165) is 25.7 Å². The van der Waals surface area contributed by atoms with Crippen molar-refractivity contribution in [2.24, 2.45) is 11.8 Å². The van der Waals surface area contributed by atoms with Crippen molar-refractivity contribution in [1.82, 2.24) is 0 Å². The molecule has 1 heterocycles. The Hall–Kier alpha value is -0.380. The molecule has 2 rings (SSSR count). The Labute approximate surface area is 84.8 Å². The summed E-state index contributed by atoms with van der Waals surface area (Å²) in [6.45, 7) is 0. The summed E-state index contributed by atoms with van der Waals surface area (Å²) < 4.78 is 22.4. The average Bonchev–Trinajstić information content (AvgIpc) is 2.72. The molecular formula is C10H16O3S. The van der Waals surface area contributed by atoms with Crippen LogP contribution >= 0.6 is 0 Å². The highest BCUT2D eigenvalue weighted by Crippen LogP contribution is 2.31. The minimum absolute atomic E-state index is 0.113. The van der Waals surface area contributed by atoms with Crippen molar-refractivity contribution in [1.29, 1.82) is 0 Å². The Balaban J connectivity index is 1.99. The van der Waals surface area contributed by atoms with Gasteiger partial charge in [-0.15, -0.1) is 0 Å². The van der Waals surface area contributed by atoms with Gasteiger partial charge in [-0.25, -0.2) is 8.42 Å². The molecule has 2 aliphatic rings. The van der Waals surface area contributed by atoms with Crippen molar-refractivity contribution in [3.05, 3.63) is 0 Å². The lowest BCUT2D eigenvalue weighted by atomic mass is 9.91. The van der Waals surface area contributed by atoms with Crippen molar-refractivity contribution in [2.75, 3.05) is 11.5 Å². The minimum Gasteiger partial charge on any atom is -0.299 e. The lowest BCUT2D eigenvalue weighted by Gasteiger charge is -2.12. The molecule has 0 N–H and O–H groups in total. The largest absolute Gasteiger partial charge is 0.299 e. The Kier molecular flexibility index (Phi) is 2.64. The molecule has 0 aromatic heterocycles. The maximum absolute atomic E-state index is 11.9. The Morgan fingerprint density at radius 2 is 1.64 bits per heavy atom. The summed E-state index contributed by atoms with van der Waals surface area (Å²) in [5.41, 5.74) is 0. The van der Waals surface area contributed by atoms with Gasteiger partial charge in [-0.05, 0) is 19.3 Å². The van der Waals surface area contributed by atoms with E-state index >= 15 is 0 Å². The van der Waals surface area contributed by atoms with Crippen molar-refractivity contribution in [3.8, 4) is 0 Å². The quantitative estimate of drug-likeness (QED) is 0.696. The van der Waals surface area contributed by atoms with Crippen LogP contribution in [0.2, 0.25) is 0 Å². The molecule has 4 heteroatoms. The molecule has 1 unspecified atom stereocenters. The third-order valence-corrected chi connectivity index (χ3v) is 5.16. The van der Waals surface area contributed by atoms with Crippen molar-refractivity contribution >= 4 is 15.6 Å². The van der Waals surface area contributed by atoms with E-state index in [1.807, 2.05) is 0 Å². The average molecular weight is 216 g/mol. The van der Waals surface area contributed by atoms with Crippen LogP contribution in [0.25, 0.3) is 0 Å². The van der Waals surface area contributed by atoms with Crippen LogP contribution in [0.3, 0.4) is 0 Å². The number of sulfone groups is 1. The van der Waals surface area contributed by atoms with Crippen molar-refractivity contribution in [2.45, 2.75) is 32.1 Å². The molecule has 3 nitrogen and oxygen atoms in total. The molecule has 0 radical (unpaired) electrons. The first kappa shape index (κ1) is 10.1. The zero-order valence-corrected chi connectivity index (χ0v) is 9.05. The highest BCUT2D eigenvalue weighted by atomic mass is 32.2. The van der Waals surface area contributed by atoms with E-state index < -0.39 is 9.84 Å². The van der Waals surface area contributed by atoms with E-state index in [1.165, 1.54) is 0 Å². The third-order valence-electron chi connectivity index (χ3n) is 3.39. The fourth-order valence-electron chi connectivity index (χ4n) is 2.56. The normalized spacial score (nSPS) is 32.1. The first-order valence-corrected chi connectivity index (χ1v) is 7.15. The van der Waals surface area contributed by atoms with Crippen LogP contribution < -0.4 is 0 Å². The molecule has 1 aliphatic carbocycles. The van der Waals surface area contributed by atoms with Crippen LogP contribution in [-0.2, 0) is 14.6 Å². The van der Waals surface area contributed by atoms with Gasteiger partial charge in [-0.1, -0.05) is 12.8 Å². The molecule has 0 aromatic rings.